The van der Waals surface area contributed by atoms with E-state index >= 15 is 0 Å². The molecule has 0 aliphatic carbocycles. The lowest BCUT2D eigenvalue weighted by Gasteiger charge is -2.27. The third kappa shape index (κ3) is 3.95. The normalized spacial score (nSPS) is 15.6. The number of carbonyl (C=O) groups excluding carboxylic acids is 1. The van der Waals surface area contributed by atoms with Crippen molar-refractivity contribution in [2.45, 2.75) is 19.3 Å². The number of nitro groups is 1. The fourth-order valence-electron chi connectivity index (χ4n) is 1.89. The Hall–Kier alpha value is -1.58. The van der Waals surface area contributed by atoms with Crippen molar-refractivity contribution in [1.82, 2.24) is 15.8 Å². The molecule has 2 heterocycles. The van der Waals surface area contributed by atoms with E-state index in [1.807, 2.05) is 5.01 Å². The van der Waals surface area contributed by atoms with E-state index in [0.29, 0.717) is 0 Å². The van der Waals surface area contributed by atoms with Crippen LogP contribution in [0.5, 0.6) is 0 Å². The first-order chi connectivity index (χ1) is 9.56. The highest BCUT2D eigenvalue weighted by atomic mass is 32.1. The molecule has 2 rings (SSSR count). The van der Waals surface area contributed by atoms with E-state index in [1.165, 1.54) is 17.9 Å². The summed E-state index contributed by atoms with van der Waals surface area (Å²) in [6.07, 6.45) is 3.40. The van der Waals surface area contributed by atoms with Gasteiger partial charge < -0.3 is 0 Å². The molecule has 0 spiro atoms. The molecule has 1 aromatic heterocycles. The maximum Gasteiger partial charge on any atom is 0.324 e. The quantitative estimate of drug-likeness (QED) is 0.501. The highest BCUT2D eigenvalue weighted by molar-refractivity contribution is 7.80. The van der Waals surface area contributed by atoms with E-state index in [4.69, 9.17) is 12.2 Å². The smallest absolute Gasteiger partial charge is 0.298 e. The molecule has 2 N–H and O–H groups in total. The first-order valence-corrected chi connectivity index (χ1v) is 7.45. The second kappa shape index (κ2) is 6.73. The molecule has 1 fully saturated rings. The lowest BCUT2D eigenvalue weighted by atomic mass is 10.2. The molecular formula is C11H14N4O3S2. The highest BCUT2D eigenvalue weighted by Gasteiger charge is 2.17. The number of nitrogens with one attached hydrogen (secondary N) is 2. The summed E-state index contributed by atoms with van der Waals surface area (Å²) < 4.78 is 0. The van der Waals surface area contributed by atoms with Crippen molar-refractivity contribution >= 4 is 39.6 Å². The zero-order valence-electron chi connectivity index (χ0n) is 10.6. The Balaban J connectivity index is 1.86. The maximum atomic E-state index is 11.9. The fraction of sp³-hybridized carbons (Fsp3) is 0.455. The van der Waals surface area contributed by atoms with Crippen LogP contribution < -0.4 is 10.7 Å². The van der Waals surface area contributed by atoms with Crippen molar-refractivity contribution < 1.29 is 9.72 Å². The van der Waals surface area contributed by atoms with Gasteiger partial charge in [0.05, 0.1) is 10.5 Å². The number of rotatable bonds is 3. The number of hydrazine groups is 1. The Morgan fingerprint density at radius 2 is 2.10 bits per heavy atom. The monoisotopic (exact) mass is 314 g/mol. The molecule has 1 aliphatic heterocycles. The van der Waals surface area contributed by atoms with Crippen LogP contribution in [0.3, 0.4) is 0 Å². The number of thiophene rings is 1. The molecule has 0 bridgehead atoms. The average molecular weight is 314 g/mol. The topological polar surface area (TPSA) is 87.5 Å². The summed E-state index contributed by atoms with van der Waals surface area (Å²) in [6.45, 7) is 1.78. The van der Waals surface area contributed by atoms with E-state index in [9.17, 15) is 14.9 Å². The van der Waals surface area contributed by atoms with Crippen LogP contribution in [0.1, 0.15) is 29.6 Å². The zero-order valence-corrected chi connectivity index (χ0v) is 12.3. The predicted molar refractivity (Wildman–Crippen MR) is 79.6 cm³/mol. The summed E-state index contributed by atoms with van der Waals surface area (Å²) in [5.41, 5.74) is 3.19. The molecule has 20 heavy (non-hydrogen) atoms. The highest BCUT2D eigenvalue weighted by Crippen LogP contribution is 2.22. The number of nitrogens with zero attached hydrogens (tertiary/aromatic N) is 2. The summed E-state index contributed by atoms with van der Waals surface area (Å²) in [6, 6.07) is 1.24. The van der Waals surface area contributed by atoms with Crippen molar-refractivity contribution in [3.05, 3.63) is 27.1 Å². The van der Waals surface area contributed by atoms with Gasteiger partial charge in [0.1, 0.15) is 0 Å². The van der Waals surface area contributed by atoms with Crippen LogP contribution in [-0.2, 0) is 0 Å². The number of carbonyl (C=O) groups is 1. The van der Waals surface area contributed by atoms with Gasteiger partial charge in [0, 0.05) is 24.5 Å². The van der Waals surface area contributed by atoms with Crippen molar-refractivity contribution in [3.63, 3.8) is 0 Å². The molecule has 0 saturated carbocycles. The minimum Gasteiger partial charge on any atom is -0.298 e. The van der Waals surface area contributed by atoms with E-state index in [2.05, 4.69) is 10.7 Å². The first kappa shape index (κ1) is 14.8. The molecular weight excluding hydrogens is 300 g/mol. The number of hydrogen-bond donors (Lipinski definition) is 2. The number of thiocarbonyl (C=S) groups is 1. The summed E-state index contributed by atoms with van der Waals surface area (Å²) in [4.78, 5) is 21.9. The molecule has 1 aliphatic rings. The summed E-state index contributed by atoms with van der Waals surface area (Å²) >= 11 is 5.97. The third-order valence-corrected chi connectivity index (χ3v) is 3.94. The van der Waals surface area contributed by atoms with Gasteiger partial charge in [0.25, 0.3) is 5.91 Å². The Morgan fingerprint density at radius 3 is 2.70 bits per heavy atom. The molecule has 0 aromatic carbocycles. The van der Waals surface area contributed by atoms with E-state index in [0.717, 1.165) is 37.3 Å². The number of hydrogen-bond acceptors (Lipinski definition) is 6. The van der Waals surface area contributed by atoms with Crippen LogP contribution >= 0.6 is 23.6 Å². The van der Waals surface area contributed by atoms with Gasteiger partial charge in [-0.25, -0.2) is 5.01 Å². The van der Waals surface area contributed by atoms with Gasteiger partial charge in [-0.05, 0) is 25.1 Å². The Morgan fingerprint density at radius 1 is 1.40 bits per heavy atom. The van der Waals surface area contributed by atoms with Crippen molar-refractivity contribution in [2.75, 3.05) is 13.1 Å². The molecule has 1 amide bonds. The largest absolute Gasteiger partial charge is 0.324 e. The van der Waals surface area contributed by atoms with Gasteiger partial charge in [-0.2, -0.15) is 0 Å². The molecule has 0 atom stereocenters. The van der Waals surface area contributed by atoms with Gasteiger partial charge in [0.15, 0.2) is 5.11 Å². The van der Waals surface area contributed by atoms with Crippen LogP contribution in [0.25, 0.3) is 0 Å². The summed E-state index contributed by atoms with van der Waals surface area (Å²) in [5, 5.41) is 16.6. The first-order valence-electron chi connectivity index (χ1n) is 6.16. The average Bonchev–Trinajstić information content (AvgIpc) is 2.89. The minimum atomic E-state index is -0.522. The van der Waals surface area contributed by atoms with E-state index in [1.54, 1.807) is 0 Å². The van der Waals surface area contributed by atoms with Crippen LogP contribution in [0.4, 0.5) is 5.00 Å². The van der Waals surface area contributed by atoms with Crippen molar-refractivity contribution in [1.29, 1.82) is 0 Å². The fourth-order valence-corrected chi connectivity index (χ4v) is 2.82. The Labute approximate surface area is 125 Å². The lowest BCUT2D eigenvalue weighted by Crippen LogP contribution is -2.50. The third-order valence-electron chi connectivity index (χ3n) is 2.87. The predicted octanol–water partition coefficient (Wildman–Crippen LogP) is 1.66. The van der Waals surface area contributed by atoms with Crippen LogP contribution in [0.15, 0.2) is 11.4 Å². The van der Waals surface area contributed by atoms with Crippen molar-refractivity contribution in [3.8, 4) is 0 Å². The van der Waals surface area contributed by atoms with Crippen LogP contribution in [0, 0.1) is 10.1 Å². The molecule has 0 unspecified atom stereocenters. The maximum absolute atomic E-state index is 11.9. The van der Waals surface area contributed by atoms with Crippen molar-refractivity contribution in [2.24, 2.45) is 0 Å². The van der Waals surface area contributed by atoms with Gasteiger partial charge in [-0.15, -0.1) is 0 Å². The Bertz CT molecular complexity index is 525. The molecule has 1 saturated heterocycles. The number of amides is 1. The van der Waals surface area contributed by atoms with E-state index < -0.39 is 10.8 Å². The van der Waals surface area contributed by atoms with Gasteiger partial charge in [-0.3, -0.25) is 25.7 Å². The summed E-state index contributed by atoms with van der Waals surface area (Å²) in [5.74, 6) is -0.441. The summed E-state index contributed by atoms with van der Waals surface area (Å²) in [7, 11) is 0. The van der Waals surface area contributed by atoms with E-state index in [-0.39, 0.29) is 15.7 Å². The Kier molecular flexibility index (Phi) is 4.99. The molecule has 1 aromatic rings. The molecule has 108 valence electrons. The molecule has 0 radical (unpaired) electrons. The molecule has 7 nitrogen and oxygen atoms in total. The molecule has 9 heteroatoms. The second-order valence-electron chi connectivity index (χ2n) is 4.37. The van der Waals surface area contributed by atoms with Gasteiger partial charge in [-0.1, -0.05) is 17.8 Å². The van der Waals surface area contributed by atoms with Gasteiger partial charge >= 0.3 is 5.00 Å². The number of piperidine rings is 1. The van der Waals surface area contributed by atoms with Crippen LogP contribution in [-0.4, -0.2) is 34.0 Å². The van der Waals surface area contributed by atoms with Gasteiger partial charge in [0.2, 0.25) is 0 Å². The second-order valence-corrected chi connectivity index (χ2v) is 5.67. The van der Waals surface area contributed by atoms with Crippen LogP contribution in [0.2, 0.25) is 0 Å². The SMILES string of the molecule is O=C(NC(=S)NN1CCCCC1)c1csc([N+](=O)[O-])c1. The minimum absolute atomic E-state index is 0.0648. The standard InChI is InChI=1S/C11H14N4O3S2/c16-10(8-6-9(15(17)18)20-7-8)12-11(19)13-14-4-2-1-3-5-14/h6-7H,1-5H2,(H2,12,13,16,19). The lowest BCUT2D eigenvalue weighted by molar-refractivity contribution is -0.380. The zero-order chi connectivity index (χ0) is 14.5.